The maximum Gasteiger partial charge on any atom is 0.303 e. The van der Waals surface area contributed by atoms with Crippen LogP contribution in [0.1, 0.15) is 43.6 Å². The van der Waals surface area contributed by atoms with Gasteiger partial charge in [-0.25, -0.2) is 8.78 Å². The highest BCUT2D eigenvalue weighted by Gasteiger charge is 2.47. The lowest BCUT2D eigenvalue weighted by atomic mass is 9.93. The van der Waals surface area contributed by atoms with Crippen molar-refractivity contribution in [2.45, 2.75) is 38.0 Å². The zero-order valence-corrected chi connectivity index (χ0v) is 13.4. The second-order valence-corrected chi connectivity index (χ2v) is 6.84. The Labute approximate surface area is 139 Å². The topological polar surface area (TPSA) is 57.6 Å². The summed E-state index contributed by atoms with van der Waals surface area (Å²) in [6, 6.07) is 3.36. The molecule has 1 amide bonds. The van der Waals surface area contributed by atoms with Crippen molar-refractivity contribution in [1.29, 1.82) is 0 Å². The number of likely N-dealkylation sites (tertiary alicyclic amines) is 1. The lowest BCUT2D eigenvalue weighted by Crippen LogP contribution is -2.41. The molecule has 0 spiro atoms. The molecule has 1 heterocycles. The Hall–Kier alpha value is -1.98. The third kappa shape index (κ3) is 3.74. The molecule has 0 radical (unpaired) electrons. The third-order valence-corrected chi connectivity index (χ3v) is 5.06. The van der Waals surface area contributed by atoms with Crippen LogP contribution < -0.4 is 0 Å². The Morgan fingerprint density at radius 3 is 2.83 bits per heavy atom. The molecule has 0 aromatic heterocycles. The number of hydrogen-bond donors (Lipinski definition) is 1. The van der Waals surface area contributed by atoms with Crippen LogP contribution in [0.5, 0.6) is 0 Å². The van der Waals surface area contributed by atoms with Crippen LogP contribution in [0.25, 0.3) is 0 Å². The minimum atomic E-state index is -0.817. The first-order valence-electron chi connectivity index (χ1n) is 8.41. The van der Waals surface area contributed by atoms with Crippen LogP contribution in [0.4, 0.5) is 8.78 Å². The summed E-state index contributed by atoms with van der Waals surface area (Å²) in [6.45, 7) is 1.23. The van der Waals surface area contributed by atoms with E-state index in [0.29, 0.717) is 25.9 Å². The Morgan fingerprint density at radius 2 is 2.08 bits per heavy atom. The highest BCUT2D eigenvalue weighted by atomic mass is 19.1. The normalized spacial score (nSPS) is 26.2. The van der Waals surface area contributed by atoms with Gasteiger partial charge in [0.1, 0.15) is 11.6 Å². The molecule has 1 N–H and O–H groups in total. The summed E-state index contributed by atoms with van der Waals surface area (Å²) in [5.74, 6) is -2.09. The minimum absolute atomic E-state index is 0.0105. The molecule has 1 saturated heterocycles. The minimum Gasteiger partial charge on any atom is -0.481 e. The third-order valence-electron chi connectivity index (χ3n) is 5.06. The zero-order chi connectivity index (χ0) is 17.3. The molecule has 130 valence electrons. The molecule has 3 atom stereocenters. The number of carboxylic acid groups (broad SMARTS) is 1. The summed E-state index contributed by atoms with van der Waals surface area (Å²) in [6.07, 6.45) is 3.04. The molecule has 2 aliphatic rings. The molecule has 0 bridgehead atoms. The SMILES string of the molecule is O=C(O)CC[C@@H]1CCCN(C(=O)[C@@H]2C[C@@H]2c2cc(F)ccc2F)C1. The maximum atomic E-state index is 13.8. The number of nitrogens with zero attached hydrogens (tertiary/aromatic N) is 1. The summed E-state index contributed by atoms with van der Waals surface area (Å²) in [4.78, 5) is 25.1. The Bertz CT molecular complexity index is 649. The fraction of sp³-hybridized carbons (Fsp3) is 0.556. The van der Waals surface area contributed by atoms with Gasteiger partial charge in [0.25, 0.3) is 0 Å². The number of rotatable bonds is 5. The smallest absolute Gasteiger partial charge is 0.303 e. The van der Waals surface area contributed by atoms with E-state index in [2.05, 4.69) is 0 Å². The molecule has 4 nitrogen and oxygen atoms in total. The molecule has 3 rings (SSSR count). The van der Waals surface area contributed by atoms with Crippen molar-refractivity contribution in [2.75, 3.05) is 13.1 Å². The van der Waals surface area contributed by atoms with Gasteiger partial charge in [-0.1, -0.05) is 0 Å². The molecule has 1 saturated carbocycles. The van der Waals surface area contributed by atoms with Crippen LogP contribution in [-0.4, -0.2) is 35.0 Å². The number of amides is 1. The molecule has 1 aromatic rings. The van der Waals surface area contributed by atoms with E-state index in [1.54, 1.807) is 4.90 Å². The molecular weight excluding hydrogens is 316 g/mol. The molecule has 6 heteroatoms. The standard InChI is InChI=1S/C18H21F2NO3/c19-12-4-5-16(20)14(8-12)13-9-15(13)18(24)21-7-1-2-11(10-21)3-6-17(22)23/h4-5,8,11,13,15H,1-3,6-7,9-10H2,(H,22,23)/t11-,13+,15+/m0/s1. The van der Waals surface area contributed by atoms with Gasteiger partial charge in [-0.15, -0.1) is 0 Å². The number of piperidine rings is 1. The molecule has 24 heavy (non-hydrogen) atoms. The average Bonchev–Trinajstić information content (AvgIpc) is 3.35. The van der Waals surface area contributed by atoms with Crippen molar-refractivity contribution < 1.29 is 23.5 Å². The second-order valence-electron chi connectivity index (χ2n) is 6.84. The van der Waals surface area contributed by atoms with Gasteiger partial charge >= 0.3 is 5.97 Å². The van der Waals surface area contributed by atoms with E-state index >= 15 is 0 Å². The summed E-state index contributed by atoms with van der Waals surface area (Å²) in [5, 5.41) is 8.78. The number of benzene rings is 1. The van der Waals surface area contributed by atoms with Gasteiger partial charge in [-0.3, -0.25) is 9.59 Å². The largest absolute Gasteiger partial charge is 0.481 e. The van der Waals surface area contributed by atoms with E-state index in [0.717, 1.165) is 25.0 Å². The van der Waals surface area contributed by atoms with E-state index in [1.807, 2.05) is 0 Å². The van der Waals surface area contributed by atoms with Crippen LogP contribution >= 0.6 is 0 Å². The summed E-state index contributed by atoms with van der Waals surface area (Å²) < 4.78 is 27.1. The van der Waals surface area contributed by atoms with Gasteiger partial charge in [0.15, 0.2) is 0 Å². The predicted octanol–water partition coefficient (Wildman–Crippen LogP) is 3.17. The highest BCUT2D eigenvalue weighted by molar-refractivity contribution is 5.83. The van der Waals surface area contributed by atoms with Crippen LogP contribution in [0.3, 0.4) is 0 Å². The van der Waals surface area contributed by atoms with Gasteiger partial charge in [0.05, 0.1) is 0 Å². The first-order valence-corrected chi connectivity index (χ1v) is 8.41. The Kier molecular flexibility index (Phi) is 4.83. The number of aliphatic carboxylic acids is 1. The van der Waals surface area contributed by atoms with E-state index in [9.17, 15) is 18.4 Å². The molecule has 1 aliphatic heterocycles. The first kappa shape index (κ1) is 16.9. The zero-order valence-electron chi connectivity index (χ0n) is 13.4. The van der Waals surface area contributed by atoms with Gasteiger partial charge in [0, 0.05) is 25.4 Å². The van der Waals surface area contributed by atoms with Crippen LogP contribution in [0, 0.1) is 23.5 Å². The predicted molar refractivity (Wildman–Crippen MR) is 83.4 cm³/mol. The molecule has 0 unspecified atom stereocenters. The Morgan fingerprint density at radius 1 is 1.29 bits per heavy atom. The lowest BCUT2D eigenvalue weighted by molar-refractivity contribution is -0.137. The van der Waals surface area contributed by atoms with Gasteiger partial charge in [-0.2, -0.15) is 0 Å². The van der Waals surface area contributed by atoms with Crippen LogP contribution in [-0.2, 0) is 9.59 Å². The number of carbonyl (C=O) groups is 2. The molecule has 1 aliphatic carbocycles. The number of carboxylic acids is 1. The van der Waals surface area contributed by atoms with E-state index < -0.39 is 17.6 Å². The van der Waals surface area contributed by atoms with Crippen molar-refractivity contribution in [3.05, 3.63) is 35.4 Å². The van der Waals surface area contributed by atoms with Crippen molar-refractivity contribution in [1.82, 2.24) is 4.90 Å². The quantitative estimate of drug-likeness (QED) is 0.898. The van der Waals surface area contributed by atoms with Crippen molar-refractivity contribution in [3.63, 3.8) is 0 Å². The number of halogens is 2. The Balaban J connectivity index is 1.59. The summed E-state index contributed by atoms with van der Waals surface area (Å²) in [7, 11) is 0. The van der Waals surface area contributed by atoms with Crippen LogP contribution in [0.2, 0.25) is 0 Å². The van der Waals surface area contributed by atoms with Gasteiger partial charge in [0.2, 0.25) is 5.91 Å². The fourth-order valence-electron chi connectivity index (χ4n) is 3.67. The van der Waals surface area contributed by atoms with E-state index in [1.165, 1.54) is 6.07 Å². The highest BCUT2D eigenvalue weighted by Crippen LogP contribution is 2.49. The monoisotopic (exact) mass is 337 g/mol. The first-order chi connectivity index (χ1) is 11.5. The average molecular weight is 337 g/mol. The van der Waals surface area contributed by atoms with Crippen molar-refractivity contribution >= 4 is 11.9 Å². The number of hydrogen-bond acceptors (Lipinski definition) is 2. The molecule has 2 fully saturated rings. The second kappa shape index (κ2) is 6.87. The molecule has 1 aromatic carbocycles. The van der Waals surface area contributed by atoms with E-state index in [4.69, 9.17) is 5.11 Å². The van der Waals surface area contributed by atoms with Gasteiger partial charge in [-0.05, 0) is 61.3 Å². The summed E-state index contributed by atoms with van der Waals surface area (Å²) >= 11 is 0. The number of carbonyl (C=O) groups excluding carboxylic acids is 1. The summed E-state index contributed by atoms with van der Waals surface area (Å²) in [5.41, 5.74) is 0.285. The molecular formula is C18H21F2NO3. The van der Waals surface area contributed by atoms with Crippen molar-refractivity contribution in [3.8, 4) is 0 Å². The maximum absolute atomic E-state index is 13.8. The van der Waals surface area contributed by atoms with Crippen LogP contribution in [0.15, 0.2) is 18.2 Å². The van der Waals surface area contributed by atoms with E-state index in [-0.39, 0.29) is 35.6 Å². The van der Waals surface area contributed by atoms with Gasteiger partial charge < -0.3 is 10.0 Å². The van der Waals surface area contributed by atoms with Crippen molar-refractivity contribution in [2.24, 2.45) is 11.8 Å². The fourth-order valence-corrected chi connectivity index (χ4v) is 3.67. The lowest BCUT2D eigenvalue weighted by Gasteiger charge is -2.33.